The molecule has 1 heterocycles. The summed E-state index contributed by atoms with van der Waals surface area (Å²) < 4.78 is 5.67. The predicted molar refractivity (Wildman–Crippen MR) is 104 cm³/mol. The van der Waals surface area contributed by atoms with Crippen molar-refractivity contribution >= 4 is 29.3 Å². The number of nitrogens with one attached hydrogen (secondary N) is 1. The Morgan fingerprint density at radius 2 is 2.19 bits per heavy atom. The van der Waals surface area contributed by atoms with Crippen LogP contribution in [0.25, 0.3) is 0 Å². The highest BCUT2D eigenvalue weighted by Gasteiger charge is 2.25. The molecule has 6 heteroatoms. The molecule has 1 atom stereocenters. The number of hydrogen-bond donors (Lipinski definition) is 1. The fraction of sp³-hybridized carbons (Fsp3) is 0.300. The topological polar surface area (TPSA) is 62.1 Å². The number of hydrogen-bond acceptors (Lipinski definition) is 4. The zero-order chi connectivity index (χ0) is 18.4. The van der Waals surface area contributed by atoms with Crippen LogP contribution in [-0.2, 0) is 17.0 Å². The number of halogens is 1. The maximum absolute atomic E-state index is 12.3. The van der Waals surface area contributed by atoms with Gasteiger partial charge < -0.3 is 10.1 Å². The van der Waals surface area contributed by atoms with E-state index in [9.17, 15) is 4.79 Å². The van der Waals surface area contributed by atoms with E-state index in [2.05, 4.69) is 11.4 Å². The van der Waals surface area contributed by atoms with Crippen molar-refractivity contribution in [1.29, 1.82) is 5.26 Å². The van der Waals surface area contributed by atoms with E-state index in [4.69, 9.17) is 21.6 Å². The molecule has 0 saturated heterocycles. The molecule has 0 saturated carbocycles. The van der Waals surface area contributed by atoms with Crippen LogP contribution < -0.4 is 10.1 Å². The van der Waals surface area contributed by atoms with E-state index in [0.717, 1.165) is 28.4 Å². The summed E-state index contributed by atoms with van der Waals surface area (Å²) in [5, 5.41) is 12.7. The highest BCUT2D eigenvalue weighted by molar-refractivity contribution is 7.98. The summed E-state index contributed by atoms with van der Waals surface area (Å²) >= 11 is 7.72. The van der Waals surface area contributed by atoms with Gasteiger partial charge >= 0.3 is 0 Å². The maximum atomic E-state index is 12.3. The second kappa shape index (κ2) is 8.98. The first-order valence-electron chi connectivity index (χ1n) is 8.42. The average Bonchev–Trinajstić information content (AvgIpc) is 2.67. The van der Waals surface area contributed by atoms with Gasteiger partial charge in [0.2, 0.25) is 5.91 Å². The minimum Gasteiger partial charge on any atom is -0.492 e. The minimum absolute atomic E-state index is 0.00801. The van der Waals surface area contributed by atoms with Crippen LogP contribution in [0.2, 0.25) is 5.02 Å². The Morgan fingerprint density at radius 3 is 3.04 bits per heavy atom. The van der Waals surface area contributed by atoms with Gasteiger partial charge in [0.1, 0.15) is 12.4 Å². The van der Waals surface area contributed by atoms with Crippen LogP contribution in [0.3, 0.4) is 0 Å². The lowest BCUT2D eigenvalue weighted by atomic mass is 9.96. The molecule has 0 radical (unpaired) electrons. The van der Waals surface area contributed by atoms with E-state index in [0.29, 0.717) is 30.2 Å². The second-order valence-corrected chi connectivity index (χ2v) is 7.62. The molecule has 0 aromatic heterocycles. The van der Waals surface area contributed by atoms with Crippen LogP contribution >= 0.6 is 23.4 Å². The highest BCUT2D eigenvalue weighted by atomic mass is 35.5. The molecule has 1 aliphatic heterocycles. The molecular weight excluding hydrogens is 368 g/mol. The van der Waals surface area contributed by atoms with Gasteiger partial charge in [0.05, 0.1) is 17.6 Å². The van der Waals surface area contributed by atoms with Gasteiger partial charge in [0.25, 0.3) is 0 Å². The van der Waals surface area contributed by atoms with Gasteiger partial charge in [0.15, 0.2) is 0 Å². The van der Waals surface area contributed by atoms with E-state index < -0.39 is 0 Å². The molecule has 1 amide bonds. The molecule has 26 heavy (non-hydrogen) atoms. The van der Waals surface area contributed by atoms with Crippen LogP contribution in [-0.4, -0.2) is 24.8 Å². The van der Waals surface area contributed by atoms with Gasteiger partial charge in [-0.3, -0.25) is 4.79 Å². The van der Waals surface area contributed by atoms with Crippen molar-refractivity contribution in [1.82, 2.24) is 5.32 Å². The predicted octanol–water partition coefficient (Wildman–Crippen LogP) is 3.81. The molecule has 3 rings (SSSR count). The molecule has 4 nitrogen and oxygen atoms in total. The largest absolute Gasteiger partial charge is 0.492 e. The third-order valence-electron chi connectivity index (χ3n) is 4.24. The summed E-state index contributed by atoms with van der Waals surface area (Å²) in [6.07, 6.45) is 0.643. The Balaban J connectivity index is 1.42. The van der Waals surface area contributed by atoms with E-state index >= 15 is 0 Å². The van der Waals surface area contributed by atoms with Gasteiger partial charge in [-0.1, -0.05) is 29.8 Å². The molecule has 0 fully saturated rings. The molecule has 1 aliphatic rings. The molecule has 2 aromatic carbocycles. The van der Waals surface area contributed by atoms with Crippen molar-refractivity contribution in [3.05, 3.63) is 64.2 Å². The third-order valence-corrected chi connectivity index (χ3v) is 5.48. The lowest BCUT2D eigenvalue weighted by Gasteiger charge is -2.24. The standard InChI is InChI=1S/C20H19ClN2O2S/c21-18-5-6-19-16(10-18)9-17(12-25-19)20(24)23-7-8-26-13-15-4-2-1-3-14(15)11-22/h1-6,10,17H,7-9,12-13H2,(H,23,24)/t17-/m0/s1. The molecular formula is C20H19ClN2O2S. The average molecular weight is 387 g/mol. The Bertz CT molecular complexity index is 835. The highest BCUT2D eigenvalue weighted by Crippen LogP contribution is 2.29. The lowest BCUT2D eigenvalue weighted by Crippen LogP contribution is -2.38. The molecule has 0 spiro atoms. The van der Waals surface area contributed by atoms with Crippen molar-refractivity contribution in [3.8, 4) is 11.8 Å². The van der Waals surface area contributed by atoms with E-state index in [1.807, 2.05) is 36.4 Å². The Morgan fingerprint density at radius 1 is 1.35 bits per heavy atom. The number of ether oxygens (including phenoxy) is 1. The number of nitriles is 1. The first-order valence-corrected chi connectivity index (χ1v) is 9.95. The van der Waals surface area contributed by atoms with Gasteiger partial charge in [0, 0.05) is 23.1 Å². The Hall–Kier alpha value is -2.16. The number of carbonyl (C=O) groups excluding carboxylic acids is 1. The van der Waals surface area contributed by atoms with Gasteiger partial charge in [-0.25, -0.2) is 0 Å². The van der Waals surface area contributed by atoms with Crippen molar-refractivity contribution < 1.29 is 9.53 Å². The summed E-state index contributed by atoms with van der Waals surface area (Å²) in [6, 6.07) is 15.3. The van der Waals surface area contributed by atoms with Crippen LogP contribution in [0, 0.1) is 17.2 Å². The third kappa shape index (κ3) is 4.72. The normalized spacial score (nSPS) is 15.5. The zero-order valence-electron chi connectivity index (χ0n) is 14.2. The summed E-state index contributed by atoms with van der Waals surface area (Å²) in [4.78, 5) is 12.3. The van der Waals surface area contributed by atoms with Crippen molar-refractivity contribution in [3.63, 3.8) is 0 Å². The molecule has 0 unspecified atom stereocenters. The number of nitrogens with zero attached hydrogens (tertiary/aromatic N) is 1. The number of benzene rings is 2. The first-order chi connectivity index (χ1) is 12.7. The summed E-state index contributed by atoms with van der Waals surface area (Å²) in [6.45, 7) is 0.986. The molecule has 1 N–H and O–H groups in total. The zero-order valence-corrected chi connectivity index (χ0v) is 15.8. The molecule has 0 aliphatic carbocycles. The van der Waals surface area contributed by atoms with Crippen LogP contribution in [0.5, 0.6) is 5.75 Å². The number of rotatable bonds is 6. The quantitative estimate of drug-likeness (QED) is 0.767. The summed E-state index contributed by atoms with van der Waals surface area (Å²) in [5.41, 5.74) is 2.72. The van der Waals surface area contributed by atoms with Crippen LogP contribution in [0.4, 0.5) is 0 Å². The monoisotopic (exact) mass is 386 g/mol. The number of thioether (sulfide) groups is 1. The van der Waals surface area contributed by atoms with Crippen molar-refractivity contribution in [2.75, 3.05) is 18.9 Å². The molecule has 0 bridgehead atoms. The first kappa shape index (κ1) is 18.6. The van der Waals surface area contributed by atoms with E-state index in [-0.39, 0.29) is 11.8 Å². The van der Waals surface area contributed by atoms with Gasteiger partial charge in [-0.2, -0.15) is 17.0 Å². The second-order valence-electron chi connectivity index (χ2n) is 6.08. The van der Waals surface area contributed by atoms with Crippen molar-refractivity contribution in [2.45, 2.75) is 12.2 Å². The number of amides is 1. The maximum Gasteiger partial charge on any atom is 0.226 e. The van der Waals surface area contributed by atoms with Gasteiger partial charge in [-0.15, -0.1) is 0 Å². The fourth-order valence-corrected chi connectivity index (χ4v) is 3.92. The van der Waals surface area contributed by atoms with Crippen LogP contribution in [0.1, 0.15) is 16.7 Å². The minimum atomic E-state index is -0.190. The number of carbonyl (C=O) groups is 1. The smallest absolute Gasteiger partial charge is 0.226 e. The lowest BCUT2D eigenvalue weighted by molar-refractivity contribution is -0.126. The summed E-state index contributed by atoms with van der Waals surface area (Å²) in [7, 11) is 0. The Labute approximate surface area is 162 Å². The molecule has 134 valence electrons. The number of fused-ring (bicyclic) bond motifs is 1. The summed E-state index contributed by atoms with van der Waals surface area (Å²) in [5.74, 6) is 2.18. The van der Waals surface area contributed by atoms with E-state index in [1.165, 1.54) is 0 Å². The van der Waals surface area contributed by atoms with E-state index in [1.54, 1.807) is 17.8 Å². The van der Waals surface area contributed by atoms with Crippen LogP contribution in [0.15, 0.2) is 42.5 Å². The Kier molecular flexibility index (Phi) is 6.43. The fourth-order valence-electron chi connectivity index (χ4n) is 2.86. The molecule has 2 aromatic rings. The van der Waals surface area contributed by atoms with Crippen molar-refractivity contribution in [2.24, 2.45) is 5.92 Å². The van der Waals surface area contributed by atoms with Gasteiger partial charge in [-0.05, 0) is 41.8 Å². The SMILES string of the molecule is N#Cc1ccccc1CSCCNC(=O)[C@@H]1COc2ccc(Cl)cc2C1.